The predicted molar refractivity (Wildman–Crippen MR) is 89.1 cm³/mol. The molecule has 2 aromatic rings. The summed E-state index contributed by atoms with van der Waals surface area (Å²) < 4.78 is 8.06. The molecule has 1 atom stereocenters. The van der Waals surface area contributed by atoms with E-state index in [0.29, 0.717) is 0 Å². The zero-order chi connectivity index (χ0) is 13.8. The Bertz CT molecular complexity index is 556. The highest BCUT2D eigenvalue weighted by Crippen LogP contribution is 2.29. The zero-order valence-electron chi connectivity index (χ0n) is 10.9. The van der Waals surface area contributed by atoms with Gasteiger partial charge in [-0.25, -0.2) is 4.98 Å². The second kappa shape index (κ2) is 6.85. The predicted octanol–water partition coefficient (Wildman–Crippen LogP) is 4.77. The molecule has 0 aliphatic heterocycles. The first-order chi connectivity index (χ1) is 9.11. The Balaban J connectivity index is 2.23. The number of aromatic nitrogens is 1. The Morgan fingerprint density at radius 3 is 3.00 bits per heavy atom. The van der Waals surface area contributed by atoms with Crippen LogP contribution in [0.2, 0.25) is 0 Å². The molecule has 1 N–H and O–H groups in total. The maximum absolute atomic E-state index is 5.87. The smallest absolute Gasteiger partial charge is 0.211 e. The molecule has 0 fully saturated rings. The first-order valence-electron chi connectivity index (χ1n) is 6.26. The first kappa shape index (κ1) is 15.0. The second-order valence-electron chi connectivity index (χ2n) is 4.36. The van der Waals surface area contributed by atoms with Crippen molar-refractivity contribution < 1.29 is 4.42 Å². The lowest BCUT2D eigenvalue weighted by Crippen LogP contribution is -2.19. The van der Waals surface area contributed by atoms with Crippen LogP contribution in [0.5, 0.6) is 0 Å². The van der Waals surface area contributed by atoms with E-state index in [-0.39, 0.29) is 6.04 Å². The third kappa shape index (κ3) is 3.79. The zero-order valence-corrected chi connectivity index (χ0v) is 14.7. The topological polar surface area (TPSA) is 38.1 Å². The minimum Gasteiger partial charge on any atom is -0.439 e. The van der Waals surface area contributed by atoms with Crippen LogP contribution in [-0.2, 0) is 0 Å². The minimum absolute atomic E-state index is 0.138. The fourth-order valence-electron chi connectivity index (χ4n) is 1.75. The van der Waals surface area contributed by atoms with Crippen LogP contribution in [-0.4, -0.2) is 11.5 Å². The molecule has 1 aromatic carbocycles. The molecule has 1 aromatic heterocycles. The molecule has 0 bridgehead atoms. The van der Waals surface area contributed by atoms with Gasteiger partial charge in [0.05, 0.1) is 12.2 Å². The van der Waals surface area contributed by atoms with Gasteiger partial charge in [-0.1, -0.05) is 22.9 Å². The van der Waals surface area contributed by atoms with Gasteiger partial charge in [0.15, 0.2) is 5.76 Å². The Morgan fingerprint density at radius 1 is 1.47 bits per heavy atom. The lowest BCUT2D eigenvalue weighted by atomic mass is 10.2. The third-order valence-corrected chi connectivity index (χ3v) is 4.22. The van der Waals surface area contributed by atoms with E-state index in [1.54, 1.807) is 6.20 Å². The molecule has 2 rings (SSSR count). The van der Waals surface area contributed by atoms with E-state index in [9.17, 15) is 0 Å². The number of nitrogens with zero attached hydrogens (tertiary/aromatic N) is 1. The van der Waals surface area contributed by atoms with Crippen molar-refractivity contribution in [2.24, 2.45) is 0 Å². The van der Waals surface area contributed by atoms with Gasteiger partial charge in [-0.3, -0.25) is 0 Å². The number of nitrogens with one attached hydrogen (secondary N) is 1. The van der Waals surface area contributed by atoms with Crippen LogP contribution < -0.4 is 5.32 Å². The van der Waals surface area contributed by atoms with Crippen molar-refractivity contribution in [1.82, 2.24) is 10.3 Å². The first-order valence-corrected chi connectivity index (χ1v) is 8.13. The summed E-state index contributed by atoms with van der Waals surface area (Å²) in [6, 6.07) is 6.27. The highest BCUT2D eigenvalue weighted by Gasteiger charge is 2.14. The molecule has 0 spiro atoms. The largest absolute Gasteiger partial charge is 0.439 e. The molecule has 0 saturated heterocycles. The Morgan fingerprint density at radius 2 is 2.26 bits per heavy atom. The summed E-state index contributed by atoms with van der Waals surface area (Å²) in [5.74, 6) is 1.55. The number of benzene rings is 1. The van der Waals surface area contributed by atoms with Crippen LogP contribution in [0.25, 0.3) is 11.3 Å². The van der Waals surface area contributed by atoms with Crippen molar-refractivity contribution in [2.45, 2.75) is 26.3 Å². The van der Waals surface area contributed by atoms with Gasteiger partial charge in [0.1, 0.15) is 0 Å². The van der Waals surface area contributed by atoms with Crippen molar-refractivity contribution in [1.29, 1.82) is 0 Å². The molecule has 19 heavy (non-hydrogen) atoms. The molecule has 0 saturated carbocycles. The van der Waals surface area contributed by atoms with E-state index in [1.165, 1.54) is 0 Å². The lowest BCUT2D eigenvalue weighted by Gasteiger charge is -2.08. The average Bonchev–Trinajstić information content (AvgIpc) is 2.88. The van der Waals surface area contributed by atoms with Crippen LogP contribution in [0.1, 0.15) is 32.2 Å². The van der Waals surface area contributed by atoms with Crippen molar-refractivity contribution in [3.05, 3.63) is 38.3 Å². The number of hydrogen-bond donors (Lipinski definition) is 1. The summed E-state index contributed by atoms with van der Waals surface area (Å²) in [4.78, 5) is 4.37. The van der Waals surface area contributed by atoms with Crippen molar-refractivity contribution in [2.75, 3.05) is 6.54 Å². The highest BCUT2D eigenvalue weighted by atomic mass is 127. The van der Waals surface area contributed by atoms with Gasteiger partial charge >= 0.3 is 0 Å². The van der Waals surface area contributed by atoms with Gasteiger partial charge in [0.2, 0.25) is 5.89 Å². The van der Waals surface area contributed by atoms with Crippen LogP contribution >= 0.6 is 38.5 Å². The summed E-state index contributed by atoms with van der Waals surface area (Å²) in [6.45, 7) is 5.18. The number of rotatable bonds is 5. The van der Waals surface area contributed by atoms with Crippen molar-refractivity contribution in [3.8, 4) is 11.3 Å². The maximum Gasteiger partial charge on any atom is 0.211 e. The lowest BCUT2D eigenvalue weighted by molar-refractivity contribution is 0.423. The molecule has 0 radical (unpaired) electrons. The van der Waals surface area contributed by atoms with Gasteiger partial charge in [-0.05, 0) is 60.7 Å². The van der Waals surface area contributed by atoms with E-state index in [1.807, 2.05) is 6.07 Å². The van der Waals surface area contributed by atoms with E-state index >= 15 is 0 Å². The van der Waals surface area contributed by atoms with E-state index in [0.717, 1.165) is 38.2 Å². The highest BCUT2D eigenvalue weighted by molar-refractivity contribution is 14.1. The molecule has 3 nitrogen and oxygen atoms in total. The van der Waals surface area contributed by atoms with Crippen LogP contribution in [0.3, 0.4) is 0 Å². The van der Waals surface area contributed by atoms with Gasteiger partial charge in [-0.2, -0.15) is 0 Å². The third-order valence-electron chi connectivity index (χ3n) is 2.79. The SMILES string of the molecule is CCCNC(C)c1ncc(-c2cc(Br)ccc2I)o1. The average molecular weight is 435 g/mol. The Kier molecular flexibility index (Phi) is 5.41. The molecule has 1 unspecified atom stereocenters. The second-order valence-corrected chi connectivity index (χ2v) is 6.44. The van der Waals surface area contributed by atoms with Crippen molar-refractivity contribution in [3.63, 3.8) is 0 Å². The van der Waals surface area contributed by atoms with E-state index in [2.05, 4.69) is 74.8 Å². The normalized spacial score (nSPS) is 12.6. The number of oxazole rings is 1. The van der Waals surface area contributed by atoms with E-state index in [4.69, 9.17) is 4.42 Å². The Labute approximate surface area is 135 Å². The van der Waals surface area contributed by atoms with Gasteiger partial charge in [-0.15, -0.1) is 0 Å². The summed E-state index contributed by atoms with van der Waals surface area (Å²) in [6.07, 6.45) is 2.89. The quantitative estimate of drug-likeness (QED) is 0.688. The summed E-state index contributed by atoms with van der Waals surface area (Å²) in [5.41, 5.74) is 1.07. The fraction of sp³-hybridized carbons (Fsp3) is 0.357. The fourth-order valence-corrected chi connectivity index (χ4v) is 2.71. The summed E-state index contributed by atoms with van der Waals surface area (Å²) in [5, 5.41) is 3.37. The standard InChI is InChI=1S/C14H16BrIN2O/c1-3-6-17-9(2)14-18-8-13(19-14)11-7-10(15)4-5-12(11)16/h4-5,7-9,17H,3,6H2,1-2H3. The monoisotopic (exact) mass is 434 g/mol. The molecule has 0 amide bonds. The molecular formula is C14H16BrIN2O. The van der Waals surface area contributed by atoms with Crippen molar-refractivity contribution >= 4 is 38.5 Å². The molecule has 102 valence electrons. The molecular weight excluding hydrogens is 419 g/mol. The van der Waals surface area contributed by atoms with Crippen LogP contribution in [0.15, 0.2) is 33.3 Å². The molecule has 0 aliphatic carbocycles. The Hall–Kier alpha value is -0.400. The number of halogens is 2. The van der Waals surface area contributed by atoms with Gasteiger partial charge in [0, 0.05) is 13.6 Å². The van der Waals surface area contributed by atoms with E-state index < -0.39 is 0 Å². The summed E-state index contributed by atoms with van der Waals surface area (Å²) >= 11 is 5.79. The van der Waals surface area contributed by atoms with Crippen LogP contribution in [0.4, 0.5) is 0 Å². The molecule has 0 aliphatic rings. The van der Waals surface area contributed by atoms with Crippen LogP contribution in [0, 0.1) is 3.57 Å². The van der Waals surface area contributed by atoms with Gasteiger partial charge < -0.3 is 9.73 Å². The number of hydrogen-bond acceptors (Lipinski definition) is 3. The molecule has 1 heterocycles. The van der Waals surface area contributed by atoms with Gasteiger partial charge in [0.25, 0.3) is 0 Å². The summed E-state index contributed by atoms with van der Waals surface area (Å²) in [7, 11) is 0. The maximum atomic E-state index is 5.87. The molecule has 5 heteroatoms. The minimum atomic E-state index is 0.138.